The third kappa shape index (κ3) is 4.17. The molecule has 0 bridgehead atoms. The monoisotopic (exact) mass is 265 g/mol. The molecule has 0 aliphatic carbocycles. The van der Waals surface area contributed by atoms with E-state index < -0.39 is 16.8 Å². The Hall–Kier alpha value is -2.24. The van der Waals surface area contributed by atoms with Crippen LogP contribution in [0.3, 0.4) is 0 Å². The van der Waals surface area contributed by atoms with Gasteiger partial charge in [-0.1, -0.05) is 12.1 Å². The van der Waals surface area contributed by atoms with Gasteiger partial charge in [0, 0.05) is 12.1 Å². The Morgan fingerprint density at radius 1 is 1.32 bits per heavy atom. The van der Waals surface area contributed by atoms with Crippen molar-refractivity contribution in [2.75, 3.05) is 6.61 Å². The maximum absolute atomic E-state index is 11.6. The lowest BCUT2D eigenvalue weighted by Gasteiger charge is -2.12. The van der Waals surface area contributed by atoms with Gasteiger partial charge in [0.2, 0.25) is 0 Å². The van der Waals surface area contributed by atoms with E-state index in [4.69, 9.17) is 4.74 Å². The van der Waals surface area contributed by atoms with E-state index >= 15 is 0 Å². The SMILES string of the molecule is CCOC(=O)C(Cc1ccc([N+](=O)[O-])cc1)C(C)=O. The molecule has 0 aliphatic rings. The quantitative estimate of drug-likeness (QED) is 0.339. The highest BCUT2D eigenvalue weighted by molar-refractivity contribution is 5.98. The third-order valence-electron chi connectivity index (χ3n) is 2.65. The standard InChI is InChI=1S/C13H15NO5/c1-3-19-13(16)12(9(2)15)8-10-4-6-11(7-5-10)14(17)18/h4-7,12H,3,8H2,1-2H3. The van der Waals surface area contributed by atoms with Crippen molar-refractivity contribution in [2.24, 2.45) is 5.92 Å². The zero-order valence-corrected chi connectivity index (χ0v) is 10.8. The molecule has 0 fully saturated rings. The maximum atomic E-state index is 11.6. The molecule has 0 radical (unpaired) electrons. The van der Waals surface area contributed by atoms with E-state index in [1.54, 1.807) is 6.92 Å². The van der Waals surface area contributed by atoms with Crippen LogP contribution >= 0.6 is 0 Å². The van der Waals surface area contributed by atoms with Crippen molar-refractivity contribution in [2.45, 2.75) is 20.3 Å². The number of non-ortho nitro benzene ring substituents is 1. The predicted molar refractivity (Wildman–Crippen MR) is 67.6 cm³/mol. The molecule has 1 aromatic carbocycles. The lowest BCUT2D eigenvalue weighted by molar-refractivity contribution is -0.384. The second-order valence-electron chi connectivity index (χ2n) is 4.04. The molecule has 1 aromatic rings. The number of carbonyl (C=O) groups excluding carboxylic acids is 2. The average Bonchev–Trinajstić information content (AvgIpc) is 2.36. The van der Waals surface area contributed by atoms with Crippen molar-refractivity contribution in [3.8, 4) is 0 Å². The van der Waals surface area contributed by atoms with Gasteiger partial charge in [-0.15, -0.1) is 0 Å². The van der Waals surface area contributed by atoms with Crippen LogP contribution in [0.1, 0.15) is 19.4 Å². The summed E-state index contributed by atoms with van der Waals surface area (Å²) >= 11 is 0. The number of nitro benzene ring substituents is 1. The number of hydrogen-bond donors (Lipinski definition) is 0. The van der Waals surface area contributed by atoms with Gasteiger partial charge in [0.25, 0.3) is 5.69 Å². The number of esters is 1. The topological polar surface area (TPSA) is 86.5 Å². The fraction of sp³-hybridized carbons (Fsp3) is 0.385. The summed E-state index contributed by atoms with van der Waals surface area (Å²) in [6, 6.07) is 5.76. The predicted octanol–water partition coefficient (Wildman–Crippen LogP) is 1.91. The maximum Gasteiger partial charge on any atom is 0.316 e. The molecule has 6 nitrogen and oxygen atoms in total. The van der Waals surface area contributed by atoms with Gasteiger partial charge in [0.15, 0.2) is 0 Å². The Balaban J connectivity index is 2.82. The fourth-order valence-corrected chi connectivity index (χ4v) is 1.63. The normalized spacial score (nSPS) is 11.7. The van der Waals surface area contributed by atoms with Crippen LogP contribution in [-0.4, -0.2) is 23.3 Å². The summed E-state index contributed by atoms with van der Waals surface area (Å²) in [4.78, 5) is 33.1. The van der Waals surface area contributed by atoms with Crippen molar-refractivity contribution >= 4 is 17.4 Å². The van der Waals surface area contributed by atoms with Crippen molar-refractivity contribution in [3.63, 3.8) is 0 Å². The number of hydrogen-bond acceptors (Lipinski definition) is 5. The van der Waals surface area contributed by atoms with Crippen LogP contribution in [0.5, 0.6) is 0 Å². The van der Waals surface area contributed by atoms with Crippen LogP contribution < -0.4 is 0 Å². The molecule has 0 saturated carbocycles. The zero-order valence-electron chi connectivity index (χ0n) is 10.8. The molecule has 0 heterocycles. The summed E-state index contributed by atoms with van der Waals surface area (Å²) < 4.78 is 4.83. The minimum atomic E-state index is -0.860. The van der Waals surface area contributed by atoms with Gasteiger partial charge in [-0.05, 0) is 25.8 Å². The highest BCUT2D eigenvalue weighted by atomic mass is 16.6. The van der Waals surface area contributed by atoms with Crippen LogP contribution in [0, 0.1) is 16.0 Å². The molecule has 0 amide bonds. The minimum absolute atomic E-state index is 0.0285. The van der Waals surface area contributed by atoms with Crippen molar-refractivity contribution < 1.29 is 19.2 Å². The molecule has 1 rings (SSSR count). The molecular weight excluding hydrogens is 250 g/mol. The molecule has 6 heteroatoms. The number of ketones is 1. The van der Waals surface area contributed by atoms with Gasteiger partial charge in [-0.3, -0.25) is 19.7 Å². The average molecular weight is 265 g/mol. The molecule has 1 atom stereocenters. The van der Waals surface area contributed by atoms with Crippen molar-refractivity contribution in [1.29, 1.82) is 0 Å². The summed E-state index contributed by atoms with van der Waals surface area (Å²) in [6.45, 7) is 3.21. The minimum Gasteiger partial charge on any atom is -0.465 e. The lowest BCUT2D eigenvalue weighted by atomic mass is 9.96. The summed E-state index contributed by atoms with van der Waals surface area (Å²) in [7, 11) is 0. The van der Waals surface area contributed by atoms with Gasteiger partial charge in [0.1, 0.15) is 11.7 Å². The molecule has 0 aromatic heterocycles. The zero-order chi connectivity index (χ0) is 14.4. The van der Waals surface area contributed by atoms with Crippen LogP contribution in [0.15, 0.2) is 24.3 Å². The van der Waals surface area contributed by atoms with Crippen molar-refractivity contribution in [1.82, 2.24) is 0 Å². The van der Waals surface area contributed by atoms with Crippen LogP contribution in [-0.2, 0) is 20.7 Å². The second kappa shape index (κ2) is 6.63. The first kappa shape index (κ1) is 14.8. The number of nitrogens with zero attached hydrogens (tertiary/aromatic N) is 1. The molecule has 19 heavy (non-hydrogen) atoms. The number of nitro groups is 1. The number of carbonyl (C=O) groups is 2. The van der Waals surface area contributed by atoms with Gasteiger partial charge < -0.3 is 4.74 Å². The molecule has 102 valence electrons. The van der Waals surface area contributed by atoms with Gasteiger partial charge in [-0.25, -0.2) is 0 Å². The van der Waals surface area contributed by atoms with Crippen LogP contribution in [0.4, 0.5) is 5.69 Å². The second-order valence-corrected chi connectivity index (χ2v) is 4.04. The highest BCUT2D eigenvalue weighted by Crippen LogP contribution is 2.16. The summed E-state index contributed by atoms with van der Waals surface area (Å²) in [6.07, 6.45) is 0.187. The van der Waals surface area contributed by atoms with Gasteiger partial charge in [0.05, 0.1) is 11.5 Å². The molecule has 1 unspecified atom stereocenters. The number of benzene rings is 1. The smallest absolute Gasteiger partial charge is 0.316 e. The van der Waals surface area contributed by atoms with E-state index in [1.165, 1.54) is 31.2 Å². The summed E-state index contributed by atoms with van der Waals surface area (Å²) in [5.41, 5.74) is 0.651. The van der Waals surface area contributed by atoms with Crippen LogP contribution in [0.2, 0.25) is 0 Å². The summed E-state index contributed by atoms with van der Waals surface area (Å²) in [5.74, 6) is -1.70. The van der Waals surface area contributed by atoms with Gasteiger partial charge >= 0.3 is 5.97 Å². The van der Waals surface area contributed by atoms with E-state index in [9.17, 15) is 19.7 Å². The molecule has 0 N–H and O–H groups in total. The van der Waals surface area contributed by atoms with Gasteiger partial charge in [-0.2, -0.15) is 0 Å². The van der Waals surface area contributed by atoms with Crippen LogP contribution in [0.25, 0.3) is 0 Å². The Labute approximate surface area is 110 Å². The van der Waals surface area contributed by atoms with Crippen molar-refractivity contribution in [3.05, 3.63) is 39.9 Å². The number of rotatable bonds is 6. The number of ether oxygens (including phenoxy) is 1. The Morgan fingerprint density at radius 2 is 1.89 bits per heavy atom. The lowest BCUT2D eigenvalue weighted by Crippen LogP contribution is -2.26. The van der Waals surface area contributed by atoms with E-state index in [-0.39, 0.29) is 24.5 Å². The van der Waals surface area contributed by atoms with E-state index in [0.29, 0.717) is 5.56 Å². The molecule has 0 aliphatic heterocycles. The van der Waals surface area contributed by atoms with E-state index in [2.05, 4.69) is 0 Å². The first-order valence-corrected chi connectivity index (χ1v) is 5.86. The first-order chi connectivity index (χ1) is 8.95. The summed E-state index contributed by atoms with van der Waals surface area (Å²) in [5, 5.41) is 10.5. The van der Waals surface area contributed by atoms with E-state index in [0.717, 1.165) is 0 Å². The largest absolute Gasteiger partial charge is 0.465 e. The molecule has 0 spiro atoms. The van der Waals surface area contributed by atoms with E-state index in [1.807, 2.05) is 0 Å². The Kier molecular flexibility index (Phi) is 5.17. The molecular formula is C13H15NO5. The highest BCUT2D eigenvalue weighted by Gasteiger charge is 2.25. The first-order valence-electron chi connectivity index (χ1n) is 5.86. The Bertz CT molecular complexity index is 480. The Morgan fingerprint density at radius 3 is 2.32 bits per heavy atom. The third-order valence-corrected chi connectivity index (χ3v) is 2.65. The number of Topliss-reactive ketones (excluding diaryl/α,β-unsaturated/α-hetero) is 1. The fourth-order valence-electron chi connectivity index (χ4n) is 1.63. The molecule has 0 saturated heterocycles.